The van der Waals surface area contributed by atoms with E-state index in [1.54, 1.807) is 159 Å². The zero-order valence-electron chi connectivity index (χ0n) is 72.6. The summed E-state index contributed by atoms with van der Waals surface area (Å²) >= 11 is 0. The molecule has 0 radical (unpaired) electrons. The maximum atomic E-state index is 15.6. The molecular formula is C97H125N17O12. The van der Waals surface area contributed by atoms with E-state index in [0.717, 1.165) is 24.0 Å². The number of hydrogen-bond acceptors (Lipinski definition) is 17. The van der Waals surface area contributed by atoms with Crippen LogP contribution in [0.3, 0.4) is 0 Å². The normalized spacial score (nSPS) is 11.2. The average Bonchev–Trinajstić information content (AvgIpc) is 0.842. The van der Waals surface area contributed by atoms with Gasteiger partial charge < -0.3 is 87.9 Å². The number of nitrogens with zero attached hydrogens (tertiary/aromatic N) is 11. The topological polar surface area (TPSA) is 383 Å². The summed E-state index contributed by atoms with van der Waals surface area (Å²) in [4.78, 5) is 194. The van der Waals surface area contributed by atoms with Gasteiger partial charge >= 0.3 is 0 Å². The fourth-order valence-corrected chi connectivity index (χ4v) is 14.3. The summed E-state index contributed by atoms with van der Waals surface area (Å²) in [6.07, 6.45) is 3.98. The average molecular weight is 1720 g/mol. The van der Waals surface area contributed by atoms with Gasteiger partial charge in [-0.2, -0.15) is 0 Å². The van der Waals surface area contributed by atoms with Crippen molar-refractivity contribution < 1.29 is 57.5 Å². The van der Waals surface area contributed by atoms with E-state index in [1.807, 2.05) is 91.0 Å². The Morgan fingerprint density at radius 3 is 0.675 bits per heavy atom. The van der Waals surface area contributed by atoms with Crippen molar-refractivity contribution >= 4 is 70.9 Å². The largest absolute Gasteiger partial charge is 0.368 e. The minimum absolute atomic E-state index is 0.0104. The molecule has 0 fully saturated rings. The van der Waals surface area contributed by atoms with E-state index in [9.17, 15) is 19.2 Å². The van der Waals surface area contributed by atoms with Crippen molar-refractivity contribution in [3.63, 3.8) is 0 Å². The van der Waals surface area contributed by atoms with Crippen LogP contribution in [0.1, 0.15) is 109 Å². The second-order valence-electron chi connectivity index (χ2n) is 31.3. The third-order valence-corrected chi connectivity index (χ3v) is 21.4. The molecule has 0 saturated carbocycles. The molecule has 0 spiro atoms. The lowest BCUT2D eigenvalue weighted by molar-refractivity contribution is -0.150. The fourth-order valence-electron chi connectivity index (χ4n) is 14.3. The Kier molecular flexibility index (Phi) is 42.9. The summed E-state index contributed by atoms with van der Waals surface area (Å²) in [5.74, 6) is -7.25. The molecule has 29 nitrogen and oxygen atoms in total. The van der Waals surface area contributed by atoms with Crippen molar-refractivity contribution in [1.29, 1.82) is 0 Å². The summed E-state index contributed by atoms with van der Waals surface area (Å²) < 4.78 is 0. The van der Waals surface area contributed by atoms with Crippen LogP contribution in [0.2, 0.25) is 0 Å². The van der Waals surface area contributed by atoms with Gasteiger partial charge in [0.15, 0.2) is 0 Å². The Morgan fingerprint density at radius 2 is 0.444 bits per heavy atom. The summed E-state index contributed by atoms with van der Waals surface area (Å²) in [6.45, 7) is -2.61. The third kappa shape index (κ3) is 34.7. The van der Waals surface area contributed by atoms with Crippen molar-refractivity contribution in [1.82, 2.24) is 59.2 Å². The molecule has 29 heteroatoms. The highest BCUT2D eigenvalue weighted by Crippen LogP contribution is 2.23. The number of carbonyl (C=O) groups is 12. The van der Waals surface area contributed by atoms with Crippen molar-refractivity contribution in [2.75, 3.05) is 131 Å². The summed E-state index contributed by atoms with van der Waals surface area (Å²) in [6, 6.07) is 71.6. The molecule has 0 aromatic heterocycles. The van der Waals surface area contributed by atoms with Crippen LogP contribution in [0.4, 0.5) is 0 Å². The van der Waals surface area contributed by atoms with E-state index in [4.69, 9.17) is 28.7 Å². The second kappa shape index (κ2) is 54.7. The van der Waals surface area contributed by atoms with E-state index in [0.29, 0.717) is 85.0 Å². The van der Waals surface area contributed by atoms with Gasteiger partial charge in [0.25, 0.3) is 0 Å². The highest BCUT2D eigenvalue weighted by molar-refractivity contribution is 5.95. The fraction of sp³-hybridized carbons (Fsp3) is 0.381. The minimum Gasteiger partial charge on any atom is -0.368 e. The number of nitrogens with one attached hydrogen (secondary N) is 1. The Balaban J connectivity index is 1.06. The van der Waals surface area contributed by atoms with E-state index in [1.165, 1.54) is 53.9 Å². The van der Waals surface area contributed by atoms with Crippen LogP contribution in [0.5, 0.6) is 0 Å². The first kappa shape index (κ1) is 98.6. The zero-order chi connectivity index (χ0) is 90.2. The highest BCUT2D eigenvalue weighted by Gasteiger charge is 2.35. The lowest BCUT2D eigenvalue weighted by atomic mass is 10.1. The summed E-state index contributed by atoms with van der Waals surface area (Å²) in [5.41, 5.74) is 35.0. The number of unbranched alkanes of at least 4 members (excludes halogenated alkanes) is 4. The molecule has 11 N–H and O–H groups in total. The van der Waals surface area contributed by atoms with Crippen molar-refractivity contribution in [3.05, 3.63) is 287 Å². The van der Waals surface area contributed by atoms with Crippen LogP contribution >= 0.6 is 0 Å². The van der Waals surface area contributed by atoms with E-state index in [2.05, 4.69) is 5.32 Å². The molecule has 0 saturated heterocycles. The first-order valence-electron chi connectivity index (χ1n) is 43.3. The molecule has 1 atom stereocenters. The molecule has 12 amide bonds. The number of carbonyl (C=O) groups excluding carboxylic acids is 12. The van der Waals surface area contributed by atoms with Crippen LogP contribution in [0.15, 0.2) is 243 Å². The number of primary amides is 1. The minimum atomic E-state index is -0.759. The predicted molar refractivity (Wildman–Crippen MR) is 485 cm³/mol. The SMILES string of the molecule is C[C@@H](c1ccccc1)N(CC(N)=O)C(=O)CN(Cc1ccccc1)C(=O)CN(CCCCN)C(=O)CN(Cc1ccccc1)C(=O)CN(Cc1ccccc1)C(=O)CN(CCCCN)C(=O)CN(Cc1ccccc1)C(=O)CN(Cc1ccccc1)C(=O)CN(CCCCN)C(=O)CN(Cc1ccccc1)C(=O)CN(Cc1ccccc1)C(=O)CNCCCCN. The van der Waals surface area contributed by atoms with Gasteiger partial charge in [-0.15, -0.1) is 0 Å². The predicted octanol–water partition coefficient (Wildman–Crippen LogP) is 6.29. The zero-order valence-corrected chi connectivity index (χ0v) is 72.6. The molecule has 0 aliphatic heterocycles. The van der Waals surface area contributed by atoms with Crippen LogP contribution < -0.4 is 34.0 Å². The maximum absolute atomic E-state index is 15.6. The smallest absolute Gasteiger partial charge is 0.243 e. The maximum Gasteiger partial charge on any atom is 0.243 e. The van der Waals surface area contributed by atoms with Gasteiger partial charge in [-0.25, -0.2) is 0 Å². The molecule has 126 heavy (non-hydrogen) atoms. The molecule has 0 heterocycles. The molecule has 670 valence electrons. The Labute approximate surface area is 740 Å². The standard InChI is InChI=1S/C97H125N17O12/c1-77(85-48-24-9-25-49-85)114(66-86(102)115)97(126)76-113(65-84-46-22-8-23-47-84)93(122)69-106(57-33-29-53-101)90(119)72-110(62-81-40-16-5-17-41-81)96(125)75-112(64-83-44-20-7-21-45-83)92(121)68-105(56-32-28-52-100)89(118)71-109(61-80-38-14-4-15-39-80)95(124)74-111(63-82-42-18-6-19-43-82)91(120)67-104(55-31-27-51-99)88(117)70-108(60-79-36-12-3-13-37-79)94(123)73-107(59-78-34-10-2-11-35-78)87(116)58-103-54-30-26-50-98/h2-25,34-49,77,103H,26-33,50-76,98-101H2,1H3,(H2,102,115)/t77-/m0/s1. The molecule has 0 unspecified atom stereocenters. The molecule has 8 rings (SSSR count). The molecular weight excluding hydrogens is 1600 g/mol. The third-order valence-electron chi connectivity index (χ3n) is 21.4. The van der Waals surface area contributed by atoms with E-state index >= 15 is 38.4 Å². The molecule has 0 aliphatic rings. The lowest BCUT2D eigenvalue weighted by Gasteiger charge is -2.33. The first-order valence-corrected chi connectivity index (χ1v) is 43.3. The van der Waals surface area contributed by atoms with Crippen molar-refractivity contribution in [3.8, 4) is 0 Å². The van der Waals surface area contributed by atoms with Gasteiger partial charge in [-0.05, 0) is 136 Å². The number of nitrogens with two attached hydrogens (primary N) is 5. The highest BCUT2D eigenvalue weighted by atomic mass is 16.2. The van der Waals surface area contributed by atoms with Gasteiger partial charge in [-0.3, -0.25) is 57.5 Å². The van der Waals surface area contributed by atoms with Crippen molar-refractivity contribution in [2.45, 2.75) is 110 Å². The van der Waals surface area contributed by atoms with Gasteiger partial charge in [0.1, 0.15) is 45.8 Å². The van der Waals surface area contributed by atoms with Crippen LogP contribution in [-0.4, -0.2) is 256 Å². The van der Waals surface area contributed by atoms with Crippen LogP contribution in [0.25, 0.3) is 0 Å². The molecule has 0 bridgehead atoms. The Morgan fingerprint density at radius 1 is 0.246 bits per heavy atom. The van der Waals surface area contributed by atoms with E-state index in [-0.39, 0.29) is 104 Å². The van der Waals surface area contributed by atoms with Crippen LogP contribution in [0, 0.1) is 0 Å². The number of rotatable bonds is 56. The molecule has 0 aliphatic carbocycles. The van der Waals surface area contributed by atoms with E-state index < -0.39 is 136 Å². The number of amides is 12. The number of benzene rings is 8. The second-order valence-corrected chi connectivity index (χ2v) is 31.3. The van der Waals surface area contributed by atoms with Gasteiger partial charge in [-0.1, -0.05) is 243 Å². The number of hydrogen-bond donors (Lipinski definition) is 6. The Hall–Kier alpha value is -12.8. The quantitative estimate of drug-likeness (QED) is 0.0228. The summed E-state index contributed by atoms with van der Waals surface area (Å²) in [7, 11) is 0. The van der Waals surface area contributed by atoms with Crippen molar-refractivity contribution in [2.24, 2.45) is 28.7 Å². The van der Waals surface area contributed by atoms with Crippen LogP contribution in [-0.2, 0) is 103 Å². The van der Waals surface area contributed by atoms with Gasteiger partial charge in [0.2, 0.25) is 70.9 Å². The Bertz CT molecular complexity index is 4670. The first-order chi connectivity index (χ1) is 61.1. The van der Waals surface area contributed by atoms with Gasteiger partial charge in [0, 0.05) is 65.4 Å². The lowest BCUT2D eigenvalue weighted by Crippen LogP contribution is -2.52. The summed E-state index contributed by atoms with van der Waals surface area (Å²) in [5, 5.41) is 3.18. The monoisotopic (exact) mass is 1720 g/mol. The molecule has 8 aromatic rings. The van der Waals surface area contributed by atoms with Gasteiger partial charge in [0.05, 0.1) is 38.8 Å². The molecule has 8 aromatic carbocycles.